The summed E-state index contributed by atoms with van der Waals surface area (Å²) in [6.45, 7) is 1.55. The molecule has 1 unspecified atom stereocenters. The highest BCUT2D eigenvalue weighted by molar-refractivity contribution is 6.35. The smallest absolute Gasteiger partial charge is 0.242 e. The summed E-state index contributed by atoms with van der Waals surface area (Å²) in [6, 6.07) is 13.4. The average Bonchev–Trinajstić information content (AvgIpc) is 2.52. The third kappa shape index (κ3) is 5.13. The molecule has 0 saturated heterocycles. The van der Waals surface area contributed by atoms with Crippen molar-refractivity contribution in [2.75, 3.05) is 11.9 Å². The van der Waals surface area contributed by atoms with Gasteiger partial charge in [0.1, 0.15) is 6.04 Å². The molecule has 0 heterocycles. The second-order valence-corrected chi connectivity index (χ2v) is 6.05. The Bertz CT molecular complexity index is 645. The lowest BCUT2D eigenvalue weighted by atomic mass is 10.1. The summed E-state index contributed by atoms with van der Waals surface area (Å²) in [5, 5.41) is 16.3. The molecule has 0 aliphatic rings. The first-order valence-corrected chi connectivity index (χ1v) is 7.94. The molecule has 2 aromatic carbocycles. The zero-order valence-corrected chi connectivity index (χ0v) is 14.1. The molecule has 2 atom stereocenters. The number of hydrogen-bond donors (Lipinski definition) is 3. The Labute approximate surface area is 145 Å². The molecule has 0 saturated carbocycles. The van der Waals surface area contributed by atoms with E-state index in [-0.39, 0.29) is 12.5 Å². The Morgan fingerprint density at radius 1 is 1.13 bits per heavy atom. The second kappa shape index (κ2) is 8.20. The largest absolute Gasteiger partial charge is 0.394 e. The first-order valence-electron chi connectivity index (χ1n) is 7.18. The zero-order chi connectivity index (χ0) is 16.8. The van der Waals surface area contributed by atoms with Crippen molar-refractivity contribution in [2.45, 2.75) is 19.0 Å². The number of carbonyl (C=O) groups excluding carboxylic acids is 1. The van der Waals surface area contributed by atoms with Gasteiger partial charge >= 0.3 is 0 Å². The van der Waals surface area contributed by atoms with Gasteiger partial charge in [0.25, 0.3) is 0 Å². The van der Waals surface area contributed by atoms with Crippen molar-refractivity contribution < 1.29 is 9.90 Å². The van der Waals surface area contributed by atoms with Crippen molar-refractivity contribution in [2.24, 2.45) is 0 Å². The maximum atomic E-state index is 12.3. The molecule has 0 aromatic heterocycles. The molecule has 2 aromatic rings. The lowest BCUT2D eigenvalue weighted by Crippen LogP contribution is -2.40. The maximum absolute atomic E-state index is 12.3. The molecule has 23 heavy (non-hydrogen) atoms. The summed E-state index contributed by atoms with van der Waals surface area (Å²) in [5.74, 6) is -0.232. The van der Waals surface area contributed by atoms with E-state index in [1.54, 1.807) is 25.1 Å². The number of nitrogens with one attached hydrogen (secondary N) is 2. The van der Waals surface area contributed by atoms with Gasteiger partial charge < -0.3 is 15.7 Å². The van der Waals surface area contributed by atoms with Crippen molar-refractivity contribution in [3.8, 4) is 0 Å². The number of halogens is 2. The first-order chi connectivity index (χ1) is 11.0. The number of amides is 1. The van der Waals surface area contributed by atoms with Crippen LogP contribution in [-0.2, 0) is 4.79 Å². The predicted molar refractivity (Wildman–Crippen MR) is 94.0 cm³/mol. The predicted octanol–water partition coefficient (Wildman–Crippen LogP) is 3.64. The van der Waals surface area contributed by atoms with Crippen LogP contribution in [0, 0.1) is 0 Å². The number of hydrogen-bond acceptors (Lipinski definition) is 3. The highest BCUT2D eigenvalue weighted by Gasteiger charge is 2.18. The van der Waals surface area contributed by atoms with Gasteiger partial charge in [-0.2, -0.15) is 0 Å². The Hall–Kier alpha value is -1.75. The van der Waals surface area contributed by atoms with Gasteiger partial charge in [0.15, 0.2) is 0 Å². The summed E-state index contributed by atoms with van der Waals surface area (Å²) < 4.78 is 0. The van der Waals surface area contributed by atoms with E-state index in [0.717, 1.165) is 5.56 Å². The topological polar surface area (TPSA) is 61.4 Å². The monoisotopic (exact) mass is 352 g/mol. The molecule has 6 heteroatoms. The molecule has 0 aliphatic heterocycles. The zero-order valence-electron chi connectivity index (χ0n) is 12.6. The molecule has 0 spiro atoms. The van der Waals surface area contributed by atoms with Crippen LogP contribution in [0.5, 0.6) is 0 Å². The highest BCUT2D eigenvalue weighted by Crippen LogP contribution is 2.23. The van der Waals surface area contributed by atoms with E-state index in [2.05, 4.69) is 10.6 Å². The van der Waals surface area contributed by atoms with Crippen LogP contribution in [0.2, 0.25) is 10.0 Å². The first kappa shape index (κ1) is 17.6. The van der Waals surface area contributed by atoms with E-state index in [1.165, 1.54) is 0 Å². The minimum Gasteiger partial charge on any atom is -0.394 e. The fourth-order valence-electron chi connectivity index (χ4n) is 2.17. The quantitative estimate of drug-likeness (QED) is 0.743. The minimum absolute atomic E-state index is 0.175. The van der Waals surface area contributed by atoms with Crippen molar-refractivity contribution >= 4 is 34.8 Å². The number of anilines is 1. The third-order valence-corrected chi connectivity index (χ3v) is 3.78. The highest BCUT2D eigenvalue weighted by atomic mass is 35.5. The van der Waals surface area contributed by atoms with Crippen LogP contribution in [0.3, 0.4) is 0 Å². The standard InChI is InChI=1S/C17H18Cl2N2O2/c1-11(20-15-8-13(18)7-14(19)9-15)17(23)21-16(10-22)12-5-3-2-4-6-12/h2-9,11,16,20,22H,10H2,1H3,(H,21,23)/t11-,16?/m0/s1. The summed E-state index contributed by atoms with van der Waals surface area (Å²) in [4.78, 5) is 12.3. The van der Waals surface area contributed by atoms with E-state index in [4.69, 9.17) is 23.2 Å². The van der Waals surface area contributed by atoms with Gasteiger partial charge in [-0.05, 0) is 30.7 Å². The Kier molecular flexibility index (Phi) is 6.28. The van der Waals surface area contributed by atoms with Crippen LogP contribution >= 0.6 is 23.2 Å². The molecule has 0 radical (unpaired) electrons. The summed E-state index contributed by atoms with van der Waals surface area (Å²) in [5.41, 5.74) is 1.51. The summed E-state index contributed by atoms with van der Waals surface area (Å²) >= 11 is 11.9. The van der Waals surface area contributed by atoms with Crippen LogP contribution in [0.1, 0.15) is 18.5 Å². The molecule has 2 rings (SSSR count). The number of aliphatic hydroxyl groups excluding tert-OH is 1. The molecule has 0 fully saturated rings. The van der Waals surface area contributed by atoms with Crippen LogP contribution < -0.4 is 10.6 Å². The van der Waals surface area contributed by atoms with E-state index in [1.807, 2.05) is 30.3 Å². The van der Waals surface area contributed by atoms with Gasteiger partial charge in [0.2, 0.25) is 5.91 Å². The van der Waals surface area contributed by atoms with E-state index < -0.39 is 12.1 Å². The number of aliphatic hydroxyl groups is 1. The van der Waals surface area contributed by atoms with Crippen LogP contribution in [0.15, 0.2) is 48.5 Å². The van der Waals surface area contributed by atoms with Gasteiger partial charge in [-0.3, -0.25) is 4.79 Å². The SMILES string of the molecule is C[C@H](Nc1cc(Cl)cc(Cl)c1)C(=O)NC(CO)c1ccccc1. The van der Waals surface area contributed by atoms with Crippen molar-refractivity contribution in [1.82, 2.24) is 5.32 Å². The molecule has 4 nitrogen and oxygen atoms in total. The lowest BCUT2D eigenvalue weighted by molar-refractivity contribution is -0.122. The lowest BCUT2D eigenvalue weighted by Gasteiger charge is -2.21. The molecular formula is C17H18Cl2N2O2. The fraction of sp³-hybridized carbons (Fsp3) is 0.235. The number of benzene rings is 2. The molecular weight excluding hydrogens is 335 g/mol. The van der Waals surface area contributed by atoms with Gasteiger partial charge in [-0.15, -0.1) is 0 Å². The Morgan fingerprint density at radius 2 is 1.74 bits per heavy atom. The van der Waals surface area contributed by atoms with Crippen LogP contribution in [0.4, 0.5) is 5.69 Å². The van der Waals surface area contributed by atoms with Crippen LogP contribution in [0.25, 0.3) is 0 Å². The van der Waals surface area contributed by atoms with E-state index >= 15 is 0 Å². The van der Waals surface area contributed by atoms with Gasteiger partial charge in [0.05, 0.1) is 12.6 Å². The molecule has 0 bridgehead atoms. The maximum Gasteiger partial charge on any atom is 0.242 e. The second-order valence-electron chi connectivity index (χ2n) is 5.18. The molecule has 1 amide bonds. The minimum atomic E-state index is -0.512. The van der Waals surface area contributed by atoms with Crippen molar-refractivity contribution in [3.63, 3.8) is 0 Å². The van der Waals surface area contributed by atoms with E-state index in [0.29, 0.717) is 15.7 Å². The van der Waals surface area contributed by atoms with Crippen molar-refractivity contribution in [1.29, 1.82) is 0 Å². The molecule has 122 valence electrons. The molecule has 3 N–H and O–H groups in total. The fourth-order valence-corrected chi connectivity index (χ4v) is 2.70. The third-order valence-electron chi connectivity index (χ3n) is 3.34. The average molecular weight is 353 g/mol. The van der Waals surface area contributed by atoms with Gasteiger partial charge in [-0.1, -0.05) is 53.5 Å². The van der Waals surface area contributed by atoms with Gasteiger partial charge in [-0.25, -0.2) is 0 Å². The summed E-state index contributed by atoms with van der Waals surface area (Å²) in [7, 11) is 0. The normalized spacial score (nSPS) is 13.2. The Balaban J connectivity index is 2.01. The van der Waals surface area contributed by atoms with Gasteiger partial charge in [0, 0.05) is 15.7 Å². The van der Waals surface area contributed by atoms with Crippen LogP contribution in [-0.4, -0.2) is 23.7 Å². The summed E-state index contributed by atoms with van der Waals surface area (Å²) in [6.07, 6.45) is 0. The number of rotatable bonds is 6. The van der Waals surface area contributed by atoms with E-state index in [9.17, 15) is 9.90 Å². The van der Waals surface area contributed by atoms with Crippen molar-refractivity contribution in [3.05, 3.63) is 64.1 Å². The number of carbonyl (C=O) groups is 1. The molecule has 0 aliphatic carbocycles. The Morgan fingerprint density at radius 3 is 2.30 bits per heavy atom.